The molecule has 0 aromatic heterocycles. The van der Waals surface area contributed by atoms with Gasteiger partial charge in [0.15, 0.2) is 0 Å². The molecule has 0 bridgehead atoms. The second-order valence-corrected chi connectivity index (χ2v) is 6.94. The van der Waals surface area contributed by atoms with Crippen LogP contribution in [0, 0.1) is 3.57 Å². The van der Waals surface area contributed by atoms with Gasteiger partial charge < -0.3 is 4.74 Å². The normalized spacial score (nSPS) is 15.8. The van der Waals surface area contributed by atoms with Crippen molar-refractivity contribution in [3.63, 3.8) is 0 Å². The Kier molecular flexibility index (Phi) is 4.67. The number of nitrogens with zero attached hydrogens (tertiary/aromatic N) is 2. The zero-order valence-corrected chi connectivity index (χ0v) is 14.2. The van der Waals surface area contributed by atoms with Crippen LogP contribution in [0.4, 0.5) is 4.79 Å². The lowest BCUT2D eigenvalue weighted by Crippen LogP contribution is -2.44. The first-order chi connectivity index (χ1) is 9.37. The maximum Gasteiger partial charge on any atom is 0.416 e. The number of rotatable bonds is 1. The van der Waals surface area contributed by atoms with Gasteiger partial charge in [0.1, 0.15) is 11.4 Å². The summed E-state index contributed by atoms with van der Waals surface area (Å²) in [6.07, 6.45) is 0.544. The topological polar surface area (TPSA) is 41.9 Å². The second kappa shape index (κ2) is 6.11. The molecule has 0 unspecified atom stereocenters. The molecule has 0 fully saturated rings. The number of hydrogen-bond acceptors (Lipinski definition) is 3. The molecule has 1 heterocycles. The van der Waals surface area contributed by atoms with E-state index >= 15 is 0 Å². The monoisotopic (exact) mass is 386 g/mol. The first-order valence-corrected chi connectivity index (χ1v) is 7.75. The summed E-state index contributed by atoms with van der Waals surface area (Å²) in [7, 11) is 0. The van der Waals surface area contributed by atoms with Crippen molar-refractivity contribution in [3.05, 3.63) is 33.4 Å². The lowest BCUT2D eigenvalue weighted by Gasteiger charge is -2.30. The van der Waals surface area contributed by atoms with E-state index in [1.807, 2.05) is 45.0 Å². The fourth-order valence-electron chi connectivity index (χ4n) is 1.95. The van der Waals surface area contributed by atoms with Crippen LogP contribution in [0.3, 0.4) is 0 Å². The average Bonchev–Trinajstić information content (AvgIpc) is 2.38. The van der Waals surface area contributed by atoms with Gasteiger partial charge in [-0.3, -0.25) is 9.89 Å². The standard InChI is InChI=1S/C15H19IN2O2/c1-15(2,3)20-14(19)18-10-4-9-17-13(18)11-5-7-12(16)8-6-11/h5-8H,4,9-10H2,1-3H3. The predicted molar refractivity (Wildman–Crippen MR) is 88.1 cm³/mol. The molecule has 5 heteroatoms. The van der Waals surface area contributed by atoms with Gasteiger partial charge in [-0.1, -0.05) is 12.1 Å². The van der Waals surface area contributed by atoms with Gasteiger partial charge in [0.05, 0.1) is 0 Å². The molecule has 2 rings (SSSR count). The van der Waals surface area contributed by atoms with Gasteiger partial charge in [-0.15, -0.1) is 0 Å². The molecular weight excluding hydrogens is 367 g/mol. The van der Waals surface area contributed by atoms with Gasteiger partial charge in [0.2, 0.25) is 0 Å². The SMILES string of the molecule is CC(C)(C)OC(=O)N1CCCN=C1c1ccc(I)cc1. The summed E-state index contributed by atoms with van der Waals surface area (Å²) in [5.41, 5.74) is 0.460. The van der Waals surface area contributed by atoms with Gasteiger partial charge in [0.25, 0.3) is 0 Å². The average molecular weight is 386 g/mol. The minimum atomic E-state index is -0.494. The summed E-state index contributed by atoms with van der Waals surface area (Å²) in [6, 6.07) is 8.01. The molecule has 1 aliphatic rings. The van der Waals surface area contributed by atoms with Gasteiger partial charge in [-0.05, 0) is 61.9 Å². The van der Waals surface area contributed by atoms with Crippen molar-refractivity contribution >= 4 is 34.5 Å². The van der Waals surface area contributed by atoms with Crippen molar-refractivity contribution in [3.8, 4) is 0 Å². The first kappa shape index (κ1) is 15.3. The number of benzene rings is 1. The van der Waals surface area contributed by atoms with Gasteiger partial charge in [-0.25, -0.2) is 4.79 Å². The summed E-state index contributed by atoms with van der Waals surface area (Å²) in [5.74, 6) is 0.710. The minimum Gasteiger partial charge on any atom is -0.443 e. The molecule has 0 saturated heterocycles. The highest BCUT2D eigenvalue weighted by molar-refractivity contribution is 14.1. The molecule has 0 atom stereocenters. The van der Waals surface area contributed by atoms with Gasteiger partial charge in [-0.2, -0.15) is 0 Å². The molecule has 0 radical (unpaired) electrons. The van der Waals surface area contributed by atoms with E-state index < -0.39 is 5.60 Å². The van der Waals surface area contributed by atoms with Crippen LogP contribution < -0.4 is 0 Å². The highest BCUT2D eigenvalue weighted by Gasteiger charge is 2.27. The zero-order chi connectivity index (χ0) is 14.8. The molecule has 0 spiro atoms. The third kappa shape index (κ3) is 3.94. The van der Waals surface area contributed by atoms with Crippen LogP contribution in [0.15, 0.2) is 29.3 Å². The van der Waals surface area contributed by atoms with E-state index in [9.17, 15) is 4.79 Å². The number of hydrogen-bond donors (Lipinski definition) is 0. The molecule has 0 aliphatic carbocycles. The number of carbonyl (C=O) groups excluding carboxylic acids is 1. The maximum atomic E-state index is 12.3. The molecule has 108 valence electrons. The largest absolute Gasteiger partial charge is 0.443 e. The lowest BCUT2D eigenvalue weighted by atomic mass is 10.1. The number of amides is 1. The third-order valence-electron chi connectivity index (χ3n) is 2.77. The van der Waals surface area contributed by atoms with Crippen molar-refractivity contribution < 1.29 is 9.53 Å². The Morgan fingerprint density at radius 2 is 1.95 bits per heavy atom. The predicted octanol–water partition coefficient (Wildman–Crippen LogP) is 3.68. The summed E-state index contributed by atoms with van der Waals surface area (Å²) >= 11 is 2.26. The van der Waals surface area contributed by atoms with E-state index in [-0.39, 0.29) is 6.09 Å². The van der Waals surface area contributed by atoms with Crippen LogP contribution in [-0.2, 0) is 4.74 Å². The Balaban J connectivity index is 2.23. The third-order valence-corrected chi connectivity index (χ3v) is 3.49. The van der Waals surface area contributed by atoms with E-state index in [0.29, 0.717) is 12.4 Å². The fourth-order valence-corrected chi connectivity index (χ4v) is 2.31. The zero-order valence-electron chi connectivity index (χ0n) is 12.0. The number of amidine groups is 1. The lowest BCUT2D eigenvalue weighted by molar-refractivity contribution is 0.0364. The van der Waals surface area contributed by atoms with Gasteiger partial charge in [0, 0.05) is 22.2 Å². The number of halogens is 1. The first-order valence-electron chi connectivity index (χ1n) is 6.68. The van der Waals surface area contributed by atoms with Crippen LogP contribution in [0.25, 0.3) is 0 Å². The summed E-state index contributed by atoms with van der Waals surface area (Å²) in [6.45, 7) is 7.02. The molecule has 1 aromatic rings. The Bertz CT molecular complexity index is 518. The molecule has 1 aliphatic heterocycles. The van der Waals surface area contributed by atoms with Crippen LogP contribution in [0.2, 0.25) is 0 Å². The van der Waals surface area contributed by atoms with E-state index in [1.54, 1.807) is 4.90 Å². The number of aliphatic imine (C=N–C) groups is 1. The quantitative estimate of drug-likeness (QED) is 0.691. The molecule has 1 aromatic carbocycles. The molecule has 1 amide bonds. The van der Waals surface area contributed by atoms with Crippen LogP contribution in [0.5, 0.6) is 0 Å². The fraction of sp³-hybridized carbons (Fsp3) is 0.467. The van der Waals surface area contributed by atoms with Crippen LogP contribution in [-0.4, -0.2) is 35.5 Å². The Morgan fingerprint density at radius 1 is 1.30 bits per heavy atom. The van der Waals surface area contributed by atoms with Crippen LogP contribution >= 0.6 is 22.6 Å². The smallest absolute Gasteiger partial charge is 0.416 e. The maximum absolute atomic E-state index is 12.3. The van der Waals surface area contributed by atoms with E-state index in [2.05, 4.69) is 27.6 Å². The Hall–Kier alpha value is -1.11. The minimum absolute atomic E-state index is 0.325. The number of carbonyl (C=O) groups is 1. The molecule has 0 N–H and O–H groups in total. The van der Waals surface area contributed by atoms with Crippen molar-refractivity contribution in [1.29, 1.82) is 0 Å². The van der Waals surface area contributed by atoms with E-state index in [0.717, 1.165) is 22.1 Å². The summed E-state index contributed by atoms with van der Waals surface area (Å²) < 4.78 is 6.62. The van der Waals surface area contributed by atoms with Gasteiger partial charge >= 0.3 is 6.09 Å². The van der Waals surface area contributed by atoms with Crippen molar-refractivity contribution in [2.24, 2.45) is 4.99 Å². The Labute approximate surface area is 133 Å². The van der Waals surface area contributed by atoms with E-state index in [1.165, 1.54) is 0 Å². The van der Waals surface area contributed by atoms with Crippen molar-refractivity contribution in [1.82, 2.24) is 4.90 Å². The highest BCUT2D eigenvalue weighted by Crippen LogP contribution is 2.17. The van der Waals surface area contributed by atoms with Crippen molar-refractivity contribution in [2.75, 3.05) is 13.1 Å². The number of ether oxygens (including phenoxy) is 1. The summed E-state index contributed by atoms with van der Waals surface area (Å²) in [4.78, 5) is 18.4. The molecule has 4 nitrogen and oxygen atoms in total. The van der Waals surface area contributed by atoms with E-state index in [4.69, 9.17) is 4.74 Å². The molecule has 0 saturated carbocycles. The van der Waals surface area contributed by atoms with Crippen LogP contribution in [0.1, 0.15) is 32.8 Å². The highest BCUT2D eigenvalue weighted by atomic mass is 127. The summed E-state index contributed by atoms with van der Waals surface area (Å²) in [5, 5.41) is 0. The Morgan fingerprint density at radius 3 is 2.55 bits per heavy atom. The molecule has 20 heavy (non-hydrogen) atoms. The molecular formula is C15H19IN2O2. The second-order valence-electron chi connectivity index (χ2n) is 5.70. The van der Waals surface area contributed by atoms with Crippen molar-refractivity contribution in [2.45, 2.75) is 32.8 Å².